The number of hydrogen-bond acceptors (Lipinski definition) is 3. The lowest BCUT2D eigenvalue weighted by Crippen LogP contribution is -2.31. The summed E-state index contributed by atoms with van der Waals surface area (Å²) in [5.41, 5.74) is 2.21. The highest BCUT2D eigenvalue weighted by molar-refractivity contribution is 5.76. The molecular weight excluding hydrogens is 278 g/mol. The van der Waals surface area contributed by atoms with Crippen LogP contribution in [0.1, 0.15) is 49.8 Å². The van der Waals surface area contributed by atoms with Crippen LogP contribution in [0, 0.1) is 5.92 Å². The van der Waals surface area contributed by atoms with Crippen LogP contribution in [0.25, 0.3) is 0 Å². The Morgan fingerprint density at radius 1 is 1.41 bits per heavy atom. The maximum Gasteiger partial charge on any atom is 0.220 e. The lowest BCUT2D eigenvalue weighted by Gasteiger charge is -2.22. The Bertz CT molecular complexity index is 452. The fraction of sp³-hybridized carbons (Fsp3) is 0.611. The largest absolute Gasteiger partial charge is 0.394 e. The zero-order chi connectivity index (χ0) is 15.8. The molecule has 1 aromatic rings. The molecule has 22 heavy (non-hydrogen) atoms. The molecule has 2 N–H and O–H groups in total. The predicted octanol–water partition coefficient (Wildman–Crippen LogP) is 2.61. The minimum atomic E-state index is -0.319. The molecule has 4 nitrogen and oxygen atoms in total. The van der Waals surface area contributed by atoms with Crippen LogP contribution >= 0.6 is 0 Å². The van der Waals surface area contributed by atoms with Crippen molar-refractivity contribution in [2.75, 3.05) is 19.8 Å². The smallest absolute Gasteiger partial charge is 0.220 e. The third kappa shape index (κ3) is 5.11. The third-order valence-electron chi connectivity index (χ3n) is 4.34. The first-order valence-corrected chi connectivity index (χ1v) is 8.29. The van der Waals surface area contributed by atoms with Gasteiger partial charge in [-0.1, -0.05) is 31.2 Å². The van der Waals surface area contributed by atoms with Gasteiger partial charge >= 0.3 is 0 Å². The SMILES string of the molecule is CCc1ccc(C(CO)NC(=O)CCC2CCCOC2)cc1. The molecule has 1 aromatic carbocycles. The van der Waals surface area contributed by atoms with Crippen molar-refractivity contribution in [2.45, 2.75) is 45.1 Å². The van der Waals surface area contributed by atoms with Crippen LogP contribution in [0.2, 0.25) is 0 Å². The van der Waals surface area contributed by atoms with Gasteiger partial charge < -0.3 is 15.2 Å². The normalized spacial score (nSPS) is 19.6. The van der Waals surface area contributed by atoms with Crippen LogP contribution in [0.3, 0.4) is 0 Å². The summed E-state index contributed by atoms with van der Waals surface area (Å²) < 4.78 is 5.44. The zero-order valence-corrected chi connectivity index (χ0v) is 13.4. The molecule has 122 valence electrons. The number of aryl methyl sites for hydroxylation is 1. The summed E-state index contributed by atoms with van der Waals surface area (Å²) in [5, 5.41) is 12.5. The standard InChI is InChI=1S/C18H27NO3/c1-2-14-5-8-16(9-6-14)17(12-20)19-18(21)10-7-15-4-3-11-22-13-15/h5-6,8-9,15,17,20H,2-4,7,10-13H2,1H3,(H,19,21). The van der Waals surface area contributed by atoms with Crippen LogP contribution in [-0.2, 0) is 16.0 Å². The van der Waals surface area contributed by atoms with E-state index in [2.05, 4.69) is 12.2 Å². The van der Waals surface area contributed by atoms with Crippen molar-refractivity contribution in [3.8, 4) is 0 Å². The number of nitrogens with one attached hydrogen (secondary N) is 1. The van der Waals surface area contributed by atoms with Gasteiger partial charge in [-0.3, -0.25) is 4.79 Å². The molecule has 1 amide bonds. The van der Waals surface area contributed by atoms with Gasteiger partial charge in [-0.2, -0.15) is 0 Å². The van der Waals surface area contributed by atoms with Gasteiger partial charge in [0, 0.05) is 19.6 Å². The van der Waals surface area contributed by atoms with Crippen molar-refractivity contribution in [2.24, 2.45) is 5.92 Å². The predicted molar refractivity (Wildman–Crippen MR) is 86.6 cm³/mol. The van der Waals surface area contributed by atoms with Crippen molar-refractivity contribution in [3.05, 3.63) is 35.4 Å². The minimum absolute atomic E-state index is 0.00388. The molecule has 1 aliphatic heterocycles. The number of hydrogen-bond donors (Lipinski definition) is 2. The first-order valence-electron chi connectivity index (χ1n) is 8.29. The molecule has 0 aromatic heterocycles. The zero-order valence-electron chi connectivity index (χ0n) is 13.4. The molecular formula is C18H27NO3. The van der Waals surface area contributed by atoms with Gasteiger partial charge in [-0.05, 0) is 42.7 Å². The number of carbonyl (C=O) groups excluding carboxylic acids is 1. The van der Waals surface area contributed by atoms with E-state index in [4.69, 9.17) is 4.74 Å². The Balaban J connectivity index is 1.81. The highest BCUT2D eigenvalue weighted by Gasteiger charge is 2.17. The maximum absolute atomic E-state index is 12.1. The topological polar surface area (TPSA) is 58.6 Å². The summed E-state index contributed by atoms with van der Waals surface area (Å²) in [6.07, 6.45) is 4.58. The first-order chi connectivity index (χ1) is 10.7. The van der Waals surface area contributed by atoms with Crippen LogP contribution < -0.4 is 5.32 Å². The lowest BCUT2D eigenvalue weighted by atomic mass is 9.96. The molecule has 2 unspecified atom stereocenters. The van der Waals surface area contributed by atoms with Crippen molar-refractivity contribution < 1.29 is 14.6 Å². The van der Waals surface area contributed by atoms with Crippen molar-refractivity contribution in [1.82, 2.24) is 5.32 Å². The average molecular weight is 305 g/mol. The Morgan fingerprint density at radius 2 is 2.18 bits per heavy atom. The monoisotopic (exact) mass is 305 g/mol. The number of carbonyl (C=O) groups is 1. The summed E-state index contributed by atoms with van der Waals surface area (Å²) in [6, 6.07) is 7.73. The highest BCUT2D eigenvalue weighted by Crippen LogP contribution is 2.19. The molecule has 1 fully saturated rings. The molecule has 0 bridgehead atoms. The van der Waals surface area contributed by atoms with Crippen LogP contribution in [-0.4, -0.2) is 30.8 Å². The molecule has 0 radical (unpaired) electrons. The van der Waals surface area contributed by atoms with E-state index in [0.29, 0.717) is 12.3 Å². The van der Waals surface area contributed by atoms with Gasteiger partial charge in [-0.25, -0.2) is 0 Å². The Kier molecular flexibility index (Phi) is 6.87. The number of rotatable bonds is 7. The van der Waals surface area contributed by atoms with Crippen LogP contribution in [0.4, 0.5) is 0 Å². The van der Waals surface area contributed by atoms with E-state index < -0.39 is 0 Å². The minimum Gasteiger partial charge on any atom is -0.394 e. The third-order valence-corrected chi connectivity index (χ3v) is 4.34. The molecule has 2 rings (SSSR count). The molecule has 4 heteroatoms. The van der Waals surface area contributed by atoms with Crippen LogP contribution in [0.15, 0.2) is 24.3 Å². The molecule has 0 saturated carbocycles. The highest BCUT2D eigenvalue weighted by atomic mass is 16.5. The van der Waals surface area contributed by atoms with Crippen molar-refractivity contribution in [3.63, 3.8) is 0 Å². The molecule has 1 heterocycles. The van der Waals surface area contributed by atoms with Gasteiger partial charge in [-0.15, -0.1) is 0 Å². The number of aliphatic hydroxyl groups is 1. The van der Waals surface area contributed by atoms with E-state index in [1.54, 1.807) is 0 Å². The first kappa shape index (κ1) is 17.0. The fourth-order valence-electron chi connectivity index (χ4n) is 2.86. The van der Waals surface area contributed by atoms with Gasteiger partial charge in [0.05, 0.1) is 12.6 Å². The summed E-state index contributed by atoms with van der Waals surface area (Å²) in [7, 11) is 0. The van der Waals surface area contributed by atoms with Gasteiger partial charge in [0.2, 0.25) is 5.91 Å². The number of benzene rings is 1. The average Bonchev–Trinajstić information content (AvgIpc) is 2.59. The van der Waals surface area contributed by atoms with E-state index >= 15 is 0 Å². The van der Waals surface area contributed by atoms with E-state index in [1.165, 1.54) is 5.56 Å². The second-order valence-corrected chi connectivity index (χ2v) is 6.02. The van der Waals surface area contributed by atoms with Gasteiger partial charge in [0.25, 0.3) is 0 Å². The van der Waals surface area contributed by atoms with E-state index in [0.717, 1.165) is 44.5 Å². The number of amides is 1. The number of aliphatic hydroxyl groups excluding tert-OH is 1. The molecule has 2 atom stereocenters. The quantitative estimate of drug-likeness (QED) is 0.814. The molecule has 1 aliphatic rings. The van der Waals surface area contributed by atoms with E-state index in [1.807, 2.05) is 24.3 Å². The summed E-state index contributed by atoms with van der Waals surface area (Å²) in [4.78, 5) is 12.1. The van der Waals surface area contributed by atoms with Gasteiger partial charge in [0.15, 0.2) is 0 Å². The Morgan fingerprint density at radius 3 is 2.77 bits per heavy atom. The summed E-state index contributed by atoms with van der Waals surface area (Å²) in [5.74, 6) is 0.500. The fourth-order valence-corrected chi connectivity index (χ4v) is 2.86. The lowest BCUT2D eigenvalue weighted by molar-refractivity contribution is -0.122. The second kappa shape index (κ2) is 8.91. The Hall–Kier alpha value is -1.39. The number of ether oxygens (including phenoxy) is 1. The molecule has 0 aliphatic carbocycles. The molecule has 1 saturated heterocycles. The van der Waals surface area contributed by atoms with Crippen molar-refractivity contribution >= 4 is 5.91 Å². The molecule has 0 spiro atoms. The van der Waals surface area contributed by atoms with E-state index in [9.17, 15) is 9.90 Å². The summed E-state index contributed by atoms with van der Waals surface area (Å²) >= 11 is 0. The van der Waals surface area contributed by atoms with Crippen LogP contribution in [0.5, 0.6) is 0 Å². The van der Waals surface area contributed by atoms with E-state index in [-0.39, 0.29) is 18.6 Å². The van der Waals surface area contributed by atoms with Gasteiger partial charge in [0.1, 0.15) is 0 Å². The Labute approximate surface area is 132 Å². The maximum atomic E-state index is 12.1. The summed E-state index contributed by atoms with van der Waals surface area (Å²) in [6.45, 7) is 3.65. The second-order valence-electron chi connectivity index (χ2n) is 6.02. The van der Waals surface area contributed by atoms with Crippen molar-refractivity contribution in [1.29, 1.82) is 0 Å².